The Bertz CT molecular complexity index is 76.6. The topological polar surface area (TPSA) is 26.0 Å². The molecule has 0 aliphatic heterocycles. The van der Waals surface area contributed by atoms with Crippen molar-refractivity contribution >= 4 is 0 Å². The van der Waals surface area contributed by atoms with Crippen LogP contribution in [0.4, 0.5) is 0 Å². The van der Waals surface area contributed by atoms with Gasteiger partial charge < -0.3 is 5.73 Å². The molecule has 1 unspecified atom stereocenters. The summed E-state index contributed by atoms with van der Waals surface area (Å²) in [7, 11) is 0. The summed E-state index contributed by atoms with van der Waals surface area (Å²) >= 11 is 0. The fraction of sp³-hybridized carbons (Fsp3) is 0.750. The Morgan fingerprint density at radius 3 is 2.56 bits per heavy atom. The predicted octanol–water partition coefficient (Wildman–Crippen LogP) is 1.94. The van der Waals surface area contributed by atoms with E-state index in [1.54, 1.807) is 0 Å². The maximum Gasteiger partial charge on any atom is -0.00717 e. The lowest BCUT2D eigenvalue weighted by Gasteiger charge is -2.05. The van der Waals surface area contributed by atoms with E-state index in [-0.39, 0.29) is 0 Å². The molecule has 9 heavy (non-hydrogen) atoms. The van der Waals surface area contributed by atoms with E-state index < -0.39 is 0 Å². The second kappa shape index (κ2) is 5.83. The van der Waals surface area contributed by atoms with Crippen LogP contribution < -0.4 is 5.73 Å². The summed E-state index contributed by atoms with van der Waals surface area (Å²) in [6.45, 7) is 5.06. The van der Waals surface area contributed by atoms with Crippen molar-refractivity contribution in [3.05, 3.63) is 12.2 Å². The Balaban J connectivity index is 3.41. The van der Waals surface area contributed by atoms with Crippen LogP contribution in [0.2, 0.25) is 0 Å². The van der Waals surface area contributed by atoms with Crippen LogP contribution in [0.1, 0.15) is 26.7 Å². The standard InChI is InChI=1S/C8H17N/c1-3-5-8(4-2)6-7-9/h3,5,8H,4,6-7,9H2,1-2H3. The Morgan fingerprint density at radius 1 is 1.56 bits per heavy atom. The monoisotopic (exact) mass is 127 g/mol. The first kappa shape index (κ1) is 8.70. The molecule has 0 aromatic rings. The van der Waals surface area contributed by atoms with Gasteiger partial charge in [0.25, 0.3) is 0 Å². The van der Waals surface area contributed by atoms with Crippen LogP contribution in [0.3, 0.4) is 0 Å². The molecular weight excluding hydrogens is 110 g/mol. The molecule has 0 rings (SSSR count). The molecule has 0 radical (unpaired) electrons. The number of rotatable bonds is 4. The van der Waals surface area contributed by atoms with Gasteiger partial charge in [0.2, 0.25) is 0 Å². The minimum absolute atomic E-state index is 0.708. The molecule has 0 heterocycles. The molecule has 0 bridgehead atoms. The third-order valence-electron chi connectivity index (χ3n) is 1.53. The van der Waals surface area contributed by atoms with Gasteiger partial charge in [0.15, 0.2) is 0 Å². The highest BCUT2D eigenvalue weighted by molar-refractivity contribution is 4.84. The highest BCUT2D eigenvalue weighted by Crippen LogP contribution is 2.07. The van der Waals surface area contributed by atoms with E-state index in [4.69, 9.17) is 5.73 Å². The second-order valence-corrected chi connectivity index (χ2v) is 2.27. The molecule has 0 aliphatic rings. The third-order valence-corrected chi connectivity index (χ3v) is 1.53. The molecular formula is C8H17N. The maximum absolute atomic E-state index is 5.40. The maximum atomic E-state index is 5.40. The van der Waals surface area contributed by atoms with Crippen molar-refractivity contribution in [2.24, 2.45) is 11.7 Å². The molecule has 0 saturated carbocycles. The lowest BCUT2D eigenvalue weighted by Crippen LogP contribution is -2.05. The molecule has 0 aromatic heterocycles. The van der Waals surface area contributed by atoms with Crippen LogP contribution in [-0.2, 0) is 0 Å². The smallest absolute Gasteiger partial charge is 0.00717 e. The molecule has 1 atom stereocenters. The van der Waals surface area contributed by atoms with Crippen LogP contribution >= 0.6 is 0 Å². The fourth-order valence-electron chi connectivity index (χ4n) is 0.923. The highest BCUT2D eigenvalue weighted by atomic mass is 14.5. The molecule has 0 aliphatic carbocycles. The third kappa shape index (κ3) is 4.22. The van der Waals surface area contributed by atoms with E-state index in [2.05, 4.69) is 26.0 Å². The molecule has 0 saturated heterocycles. The summed E-state index contributed by atoms with van der Waals surface area (Å²) in [5.74, 6) is 0.708. The van der Waals surface area contributed by atoms with Crippen molar-refractivity contribution < 1.29 is 0 Å². The van der Waals surface area contributed by atoms with Crippen molar-refractivity contribution in [1.29, 1.82) is 0 Å². The largest absolute Gasteiger partial charge is 0.330 e. The minimum Gasteiger partial charge on any atom is -0.330 e. The predicted molar refractivity (Wildman–Crippen MR) is 42.3 cm³/mol. The number of nitrogens with two attached hydrogens (primary N) is 1. The van der Waals surface area contributed by atoms with Gasteiger partial charge in [0.05, 0.1) is 0 Å². The van der Waals surface area contributed by atoms with Gasteiger partial charge in [0, 0.05) is 0 Å². The van der Waals surface area contributed by atoms with Gasteiger partial charge in [-0.1, -0.05) is 19.1 Å². The summed E-state index contributed by atoms with van der Waals surface area (Å²) in [6.07, 6.45) is 6.67. The molecule has 0 aromatic carbocycles. The zero-order chi connectivity index (χ0) is 7.11. The Morgan fingerprint density at radius 2 is 2.22 bits per heavy atom. The van der Waals surface area contributed by atoms with E-state index in [0.29, 0.717) is 5.92 Å². The summed E-state index contributed by atoms with van der Waals surface area (Å²) < 4.78 is 0. The quantitative estimate of drug-likeness (QED) is 0.574. The van der Waals surface area contributed by atoms with E-state index in [0.717, 1.165) is 13.0 Å². The van der Waals surface area contributed by atoms with Gasteiger partial charge >= 0.3 is 0 Å². The minimum atomic E-state index is 0.708. The van der Waals surface area contributed by atoms with Gasteiger partial charge in [-0.05, 0) is 32.2 Å². The Labute approximate surface area is 57.9 Å². The van der Waals surface area contributed by atoms with Gasteiger partial charge in [-0.15, -0.1) is 0 Å². The molecule has 1 nitrogen and oxygen atoms in total. The number of allylic oxidation sites excluding steroid dienone is 2. The lowest BCUT2D eigenvalue weighted by molar-refractivity contribution is 0.580. The van der Waals surface area contributed by atoms with Gasteiger partial charge in [-0.3, -0.25) is 0 Å². The van der Waals surface area contributed by atoms with E-state index in [1.807, 2.05) is 0 Å². The first-order valence-electron chi connectivity index (χ1n) is 3.68. The van der Waals surface area contributed by atoms with Crippen molar-refractivity contribution in [2.75, 3.05) is 6.54 Å². The number of hydrogen-bond acceptors (Lipinski definition) is 1. The molecule has 2 N–H and O–H groups in total. The van der Waals surface area contributed by atoms with Crippen molar-refractivity contribution in [3.63, 3.8) is 0 Å². The van der Waals surface area contributed by atoms with Crippen LogP contribution in [0.25, 0.3) is 0 Å². The summed E-state index contributed by atoms with van der Waals surface area (Å²) in [6, 6.07) is 0. The summed E-state index contributed by atoms with van der Waals surface area (Å²) in [4.78, 5) is 0. The van der Waals surface area contributed by atoms with E-state index in [1.165, 1.54) is 6.42 Å². The molecule has 0 fully saturated rings. The first-order valence-corrected chi connectivity index (χ1v) is 3.68. The van der Waals surface area contributed by atoms with Crippen LogP contribution in [0, 0.1) is 5.92 Å². The first-order chi connectivity index (χ1) is 4.35. The lowest BCUT2D eigenvalue weighted by atomic mass is 10.0. The average Bonchev–Trinajstić information content (AvgIpc) is 1.88. The van der Waals surface area contributed by atoms with Crippen molar-refractivity contribution in [3.8, 4) is 0 Å². The van der Waals surface area contributed by atoms with E-state index in [9.17, 15) is 0 Å². The zero-order valence-electron chi connectivity index (χ0n) is 6.43. The van der Waals surface area contributed by atoms with Crippen LogP contribution in [0.5, 0.6) is 0 Å². The highest BCUT2D eigenvalue weighted by Gasteiger charge is 1.96. The van der Waals surface area contributed by atoms with Crippen LogP contribution in [-0.4, -0.2) is 6.54 Å². The molecule has 0 spiro atoms. The number of hydrogen-bond donors (Lipinski definition) is 1. The Hall–Kier alpha value is -0.300. The second-order valence-electron chi connectivity index (χ2n) is 2.27. The van der Waals surface area contributed by atoms with Gasteiger partial charge in [-0.25, -0.2) is 0 Å². The van der Waals surface area contributed by atoms with Gasteiger partial charge in [-0.2, -0.15) is 0 Å². The normalized spacial score (nSPS) is 14.6. The van der Waals surface area contributed by atoms with Gasteiger partial charge in [0.1, 0.15) is 0 Å². The fourth-order valence-corrected chi connectivity index (χ4v) is 0.923. The SMILES string of the molecule is CC=CC(CC)CCN. The zero-order valence-corrected chi connectivity index (χ0v) is 6.43. The molecule has 0 amide bonds. The summed E-state index contributed by atoms with van der Waals surface area (Å²) in [5.41, 5.74) is 5.40. The summed E-state index contributed by atoms with van der Waals surface area (Å²) in [5, 5.41) is 0. The van der Waals surface area contributed by atoms with E-state index >= 15 is 0 Å². The average molecular weight is 127 g/mol. The van der Waals surface area contributed by atoms with Crippen molar-refractivity contribution in [2.45, 2.75) is 26.7 Å². The van der Waals surface area contributed by atoms with Crippen molar-refractivity contribution in [1.82, 2.24) is 0 Å². The molecule has 54 valence electrons. The Kier molecular flexibility index (Phi) is 5.64. The van der Waals surface area contributed by atoms with Crippen LogP contribution in [0.15, 0.2) is 12.2 Å². The molecule has 1 heteroatoms.